The summed E-state index contributed by atoms with van der Waals surface area (Å²) in [5.74, 6) is 1.25. The van der Waals surface area contributed by atoms with E-state index in [9.17, 15) is 0 Å². The van der Waals surface area contributed by atoms with E-state index in [2.05, 4.69) is 11.2 Å². The average Bonchev–Trinajstić information content (AvgIpc) is 2.95. The molecule has 0 N–H and O–H groups in total. The number of nitriles is 1. The Bertz CT molecular complexity index is 797. The second-order valence-electron chi connectivity index (χ2n) is 4.61. The van der Waals surface area contributed by atoms with Gasteiger partial charge in [-0.05, 0) is 42.5 Å². The van der Waals surface area contributed by atoms with Crippen molar-refractivity contribution < 1.29 is 4.74 Å². The monoisotopic (exact) mass is 275 g/mol. The Morgan fingerprint density at radius 3 is 2.48 bits per heavy atom. The third-order valence-electron chi connectivity index (χ3n) is 3.10. The van der Waals surface area contributed by atoms with Crippen molar-refractivity contribution in [2.45, 2.75) is 0 Å². The Kier molecular flexibility index (Phi) is 3.40. The Labute approximate surface area is 122 Å². The number of aromatic nitrogens is 2. The summed E-state index contributed by atoms with van der Waals surface area (Å²) in [5.41, 5.74) is 2.46. The van der Waals surface area contributed by atoms with Crippen molar-refractivity contribution in [2.24, 2.45) is 7.05 Å². The number of rotatable bonds is 3. The summed E-state index contributed by atoms with van der Waals surface area (Å²) in [6.45, 7) is 0. The Morgan fingerprint density at radius 2 is 1.81 bits per heavy atom. The van der Waals surface area contributed by atoms with E-state index >= 15 is 0 Å². The van der Waals surface area contributed by atoms with E-state index in [4.69, 9.17) is 10.00 Å². The van der Waals surface area contributed by atoms with Crippen LogP contribution in [0.2, 0.25) is 0 Å². The van der Waals surface area contributed by atoms with Gasteiger partial charge in [-0.25, -0.2) is 0 Å². The normalized spacial score (nSPS) is 10.1. The molecule has 0 unspecified atom stereocenters. The summed E-state index contributed by atoms with van der Waals surface area (Å²) >= 11 is 0. The molecule has 21 heavy (non-hydrogen) atoms. The van der Waals surface area contributed by atoms with Crippen LogP contribution in [0.15, 0.2) is 60.8 Å². The van der Waals surface area contributed by atoms with Gasteiger partial charge in [-0.15, -0.1) is 0 Å². The molecule has 3 rings (SSSR count). The fraction of sp³-hybridized carbons (Fsp3) is 0.0588. The molecule has 0 aliphatic rings. The largest absolute Gasteiger partial charge is 0.456 e. The van der Waals surface area contributed by atoms with Gasteiger partial charge in [0.1, 0.15) is 17.6 Å². The van der Waals surface area contributed by atoms with Crippen LogP contribution >= 0.6 is 0 Å². The smallest absolute Gasteiger partial charge is 0.145 e. The van der Waals surface area contributed by atoms with Gasteiger partial charge in [-0.1, -0.05) is 12.1 Å². The van der Waals surface area contributed by atoms with Crippen molar-refractivity contribution >= 4 is 0 Å². The number of aryl methyl sites for hydroxylation is 1. The minimum absolute atomic E-state index is 0.520. The zero-order chi connectivity index (χ0) is 14.7. The van der Waals surface area contributed by atoms with Crippen LogP contribution < -0.4 is 4.74 Å². The second kappa shape index (κ2) is 5.51. The Balaban J connectivity index is 1.83. The maximum Gasteiger partial charge on any atom is 0.145 e. The minimum Gasteiger partial charge on any atom is -0.456 e. The summed E-state index contributed by atoms with van der Waals surface area (Å²) in [5, 5.41) is 13.4. The fourth-order valence-electron chi connectivity index (χ4n) is 2.04. The van der Waals surface area contributed by atoms with Crippen LogP contribution in [-0.4, -0.2) is 9.78 Å². The standard InChI is InChI=1S/C17H13N3O/c1-20-11-10-16(19-20)13-6-8-15(9-7-13)21-17-5-3-2-4-14(17)12-18/h2-11H,1H3. The van der Waals surface area contributed by atoms with E-state index in [1.54, 1.807) is 16.8 Å². The number of benzene rings is 2. The number of nitrogens with zero attached hydrogens (tertiary/aromatic N) is 3. The summed E-state index contributed by atoms with van der Waals surface area (Å²) in [7, 11) is 1.89. The van der Waals surface area contributed by atoms with E-state index in [1.807, 2.05) is 55.7 Å². The number of para-hydroxylation sites is 1. The third-order valence-corrected chi connectivity index (χ3v) is 3.10. The molecule has 0 saturated carbocycles. The van der Waals surface area contributed by atoms with Gasteiger partial charge in [0.15, 0.2) is 0 Å². The molecule has 0 bridgehead atoms. The molecule has 0 saturated heterocycles. The summed E-state index contributed by atoms with van der Waals surface area (Å²) in [6.07, 6.45) is 1.91. The molecule has 4 nitrogen and oxygen atoms in total. The van der Waals surface area contributed by atoms with Crippen molar-refractivity contribution in [3.05, 3.63) is 66.4 Å². The van der Waals surface area contributed by atoms with E-state index in [1.165, 1.54) is 0 Å². The van der Waals surface area contributed by atoms with E-state index in [0.29, 0.717) is 17.1 Å². The lowest BCUT2D eigenvalue weighted by atomic mass is 10.1. The van der Waals surface area contributed by atoms with Crippen LogP contribution in [0, 0.1) is 11.3 Å². The van der Waals surface area contributed by atoms with Gasteiger partial charge in [0.25, 0.3) is 0 Å². The first-order valence-electron chi connectivity index (χ1n) is 6.53. The fourth-order valence-corrected chi connectivity index (χ4v) is 2.04. The molecule has 0 aliphatic heterocycles. The van der Waals surface area contributed by atoms with Gasteiger partial charge in [0.2, 0.25) is 0 Å². The van der Waals surface area contributed by atoms with Gasteiger partial charge in [-0.2, -0.15) is 10.4 Å². The molecule has 0 radical (unpaired) electrons. The first-order chi connectivity index (χ1) is 10.3. The molecule has 0 aliphatic carbocycles. The van der Waals surface area contributed by atoms with Gasteiger partial charge < -0.3 is 4.74 Å². The first kappa shape index (κ1) is 12.9. The zero-order valence-electron chi connectivity index (χ0n) is 11.5. The molecule has 102 valence electrons. The lowest BCUT2D eigenvalue weighted by molar-refractivity contribution is 0.481. The summed E-state index contributed by atoms with van der Waals surface area (Å²) < 4.78 is 7.52. The molecule has 0 spiro atoms. The van der Waals surface area contributed by atoms with Gasteiger partial charge in [0, 0.05) is 18.8 Å². The highest BCUT2D eigenvalue weighted by molar-refractivity contribution is 5.59. The van der Waals surface area contributed by atoms with E-state index in [-0.39, 0.29) is 0 Å². The lowest BCUT2D eigenvalue weighted by Crippen LogP contribution is -1.89. The topological polar surface area (TPSA) is 50.8 Å². The maximum absolute atomic E-state index is 9.05. The molecule has 0 fully saturated rings. The van der Waals surface area contributed by atoms with Crippen LogP contribution in [0.3, 0.4) is 0 Å². The van der Waals surface area contributed by atoms with Crippen LogP contribution in [0.4, 0.5) is 0 Å². The molecule has 4 heteroatoms. The first-order valence-corrected chi connectivity index (χ1v) is 6.53. The Morgan fingerprint density at radius 1 is 1.05 bits per heavy atom. The summed E-state index contributed by atoms with van der Waals surface area (Å²) in [6, 6.07) is 18.9. The zero-order valence-corrected chi connectivity index (χ0v) is 11.5. The van der Waals surface area contributed by atoms with Crippen molar-refractivity contribution in [3.63, 3.8) is 0 Å². The van der Waals surface area contributed by atoms with Crippen molar-refractivity contribution in [3.8, 4) is 28.8 Å². The van der Waals surface area contributed by atoms with Crippen molar-refractivity contribution in [2.75, 3.05) is 0 Å². The molecular formula is C17H13N3O. The molecule has 3 aromatic rings. The molecule has 1 aromatic heterocycles. The Hall–Kier alpha value is -3.06. The molecule has 0 amide bonds. The highest BCUT2D eigenvalue weighted by atomic mass is 16.5. The van der Waals surface area contributed by atoms with Crippen LogP contribution in [0.1, 0.15) is 5.56 Å². The minimum atomic E-state index is 0.520. The number of hydrogen-bond donors (Lipinski definition) is 0. The molecule has 2 aromatic carbocycles. The van der Waals surface area contributed by atoms with Gasteiger partial charge >= 0.3 is 0 Å². The van der Waals surface area contributed by atoms with Crippen LogP contribution in [-0.2, 0) is 7.05 Å². The predicted octanol–water partition coefficient (Wildman–Crippen LogP) is 3.75. The maximum atomic E-state index is 9.05. The lowest BCUT2D eigenvalue weighted by Gasteiger charge is -2.07. The van der Waals surface area contributed by atoms with E-state index in [0.717, 1.165) is 11.3 Å². The quantitative estimate of drug-likeness (QED) is 0.731. The van der Waals surface area contributed by atoms with Crippen molar-refractivity contribution in [1.29, 1.82) is 5.26 Å². The summed E-state index contributed by atoms with van der Waals surface area (Å²) in [4.78, 5) is 0. The van der Waals surface area contributed by atoms with Crippen LogP contribution in [0.5, 0.6) is 11.5 Å². The number of ether oxygens (including phenoxy) is 1. The van der Waals surface area contributed by atoms with Gasteiger partial charge in [0.05, 0.1) is 11.3 Å². The number of hydrogen-bond acceptors (Lipinski definition) is 3. The molecule has 1 heterocycles. The highest BCUT2D eigenvalue weighted by Crippen LogP contribution is 2.27. The third kappa shape index (κ3) is 2.77. The average molecular weight is 275 g/mol. The van der Waals surface area contributed by atoms with Crippen LogP contribution in [0.25, 0.3) is 11.3 Å². The molecule has 0 atom stereocenters. The van der Waals surface area contributed by atoms with E-state index < -0.39 is 0 Å². The molecular weight excluding hydrogens is 262 g/mol. The SMILES string of the molecule is Cn1ccc(-c2ccc(Oc3ccccc3C#N)cc2)n1. The second-order valence-corrected chi connectivity index (χ2v) is 4.61. The predicted molar refractivity (Wildman–Crippen MR) is 79.9 cm³/mol. The van der Waals surface area contributed by atoms with Crippen molar-refractivity contribution in [1.82, 2.24) is 9.78 Å². The van der Waals surface area contributed by atoms with Gasteiger partial charge in [-0.3, -0.25) is 4.68 Å². The highest BCUT2D eigenvalue weighted by Gasteiger charge is 2.05.